The van der Waals surface area contributed by atoms with Gasteiger partial charge < -0.3 is 5.32 Å². The average Bonchev–Trinajstić information content (AvgIpc) is 3.09. The summed E-state index contributed by atoms with van der Waals surface area (Å²) in [7, 11) is 1.65. The number of alkyl halides is 3. The van der Waals surface area contributed by atoms with Gasteiger partial charge in [-0.05, 0) is 30.9 Å². The van der Waals surface area contributed by atoms with Crippen molar-refractivity contribution in [3.63, 3.8) is 0 Å². The van der Waals surface area contributed by atoms with Gasteiger partial charge in [0.05, 0.1) is 28.4 Å². The molecule has 158 valence electrons. The van der Waals surface area contributed by atoms with Gasteiger partial charge in [0, 0.05) is 18.7 Å². The number of pyridine rings is 1. The molecule has 0 radical (unpaired) electrons. The maximum absolute atomic E-state index is 13.6. The molecule has 1 amide bonds. The summed E-state index contributed by atoms with van der Waals surface area (Å²) in [6.07, 6.45) is 1.15. The van der Waals surface area contributed by atoms with Crippen LogP contribution < -0.4 is 5.32 Å². The van der Waals surface area contributed by atoms with Crippen LogP contribution in [0.5, 0.6) is 0 Å². The molecule has 2 aromatic heterocycles. The number of hydrogen-bond acceptors (Lipinski definition) is 3. The minimum Gasteiger partial charge on any atom is -0.349 e. The van der Waals surface area contributed by atoms with Crippen LogP contribution in [0.15, 0.2) is 36.5 Å². The van der Waals surface area contributed by atoms with E-state index < -0.39 is 11.7 Å². The Labute approximate surface area is 172 Å². The maximum Gasteiger partial charge on any atom is 0.417 e. The molecule has 5 nitrogen and oxygen atoms in total. The molecule has 1 N–H and O–H groups in total. The number of halogens is 3. The van der Waals surface area contributed by atoms with E-state index in [2.05, 4.69) is 22.3 Å². The van der Waals surface area contributed by atoms with Gasteiger partial charge in [0.15, 0.2) is 5.65 Å². The van der Waals surface area contributed by atoms with Crippen molar-refractivity contribution in [3.05, 3.63) is 47.7 Å². The predicted octanol–water partition coefficient (Wildman–Crippen LogP) is 4.96. The van der Waals surface area contributed by atoms with Crippen LogP contribution in [0.3, 0.4) is 0 Å². The van der Waals surface area contributed by atoms with Gasteiger partial charge in [-0.15, -0.1) is 0 Å². The van der Waals surface area contributed by atoms with Crippen molar-refractivity contribution >= 4 is 16.9 Å². The first-order valence-corrected chi connectivity index (χ1v) is 10.1. The summed E-state index contributed by atoms with van der Waals surface area (Å²) in [6, 6.07) is 6.76. The second-order valence-corrected chi connectivity index (χ2v) is 7.95. The highest BCUT2D eigenvalue weighted by Gasteiger charge is 2.34. The van der Waals surface area contributed by atoms with Gasteiger partial charge in [0.1, 0.15) is 0 Å². The summed E-state index contributed by atoms with van der Waals surface area (Å²) < 4.78 is 42.1. The number of aromatic nitrogens is 3. The summed E-state index contributed by atoms with van der Waals surface area (Å²) in [5, 5.41) is 7.76. The summed E-state index contributed by atoms with van der Waals surface area (Å²) in [5.74, 6) is 0.0549. The fourth-order valence-corrected chi connectivity index (χ4v) is 4.17. The normalized spacial score (nSPS) is 19.8. The SMILES string of the molecule is CC1CCCCC1NC(=O)c1cc(-c2ccccc2C(F)(F)F)nc2c1cnn2C. The molecule has 2 unspecified atom stereocenters. The van der Waals surface area contributed by atoms with E-state index in [1.165, 1.54) is 35.1 Å². The van der Waals surface area contributed by atoms with Gasteiger partial charge in [-0.2, -0.15) is 18.3 Å². The number of amides is 1. The molecule has 8 heteroatoms. The predicted molar refractivity (Wildman–Crippen MR) is 108 cm³/mol. The highest BCUT2D eigenvalue weighted by atomic mass is 19.4. The molecule has 30 heavy (non-hydrogen) atoms. The second-order valence-electron chi connectivity index (χ2n) is 7.95. The van der Waals surface area contributed by atoms with Gasteiger partial charge >= 0.3 is 6.18 Å². The van der Waals surface area contributed by atoms with Crippen LogP contribution in [0.2, 0.25) is 0 Å². The average molecular weight is 416 g/mol. The molecule has 3 aromatic rings. The van der Waals surface area contributed by atoms with E-state index in [1.807, 2.05) is 0 Å². The van der Waals surface area contributed by atoms with Gasteiger partial charge in [-0.3, -0.25) is 9.48 Å². The first-order chi connectivity index (χ1) is 14.3. The third kappa shape index (κ3) is 3.78. The van der Waals surface area contributed by atoms with Crippen LogP contribution in [-0.2, 0) is 13.2 Å². The molecule has 4 rings (SSSR count). The lowest BCUT2D eigenvalue weighted by molar-refractivity contribution is -0.137. The zero-order chi connectivity index (χ0) is 21.5. The Kier molecular flexibility index (Phi) is 5.26. The lowest BCUT2D eigenvalue weighted by Crippen LogP contribution is -2.41. The van der Waals surface area contributed by atoms with E-state index in [9.17, 15) is 18.0 Å². The Balaban J connectivity index is 1.81. The fourth-order valence-electron chi connectivity index (χ4n) is 4.17. The Bertz CT molecular complexity index is 1090. The van der Waals surface area contributed by atoms with Crippen molar-refractivity contribution in [1.82, 2.24) is 20.1 Å². The molecule has 0 bridgehead atoms. The molecule has 1 aliphatic carbocycles. The zero-order valence-corrected chi connectivity index (χ0v) is 16.8. The van der Waals surface area contributed by atoms with E-state index in [-0.39, 0.29) is 28.8 Å². The van der Waals surface area contributed by atoms with E-state index in [1.54, 1.807) is 7.05 Å². The van der Waals surface area contributed by atoms with Gasteiger partial charge in [-0.25, -0.2) is 4.98 Å². The van der Waals surface area contributed by atoms with Crippen LogP contribution in [-0.4, -0.2) is 26.7 Å². The molecule has 0 saturated heterocycles. The molecule has 2 atom stereocenters. The largest absolute Gasteiger partial charge is 0.417 e. The van der Waals surface area contributed by atoms with Gasteiger partial charge in [0.25, 0.3) is 5.91 Å². The monoisotopic (exact) mass is 416 g/mol. The lowest BCUT2D eigenvalue weighted by atomic mass is 9.86. The van der Waals surface area contributed by atoms with Gasteiger partial charge in [-0.1, -0.05) is 38.0 Å². The third-order valence-electron chi connectivity index (χ3n) is 5.89. The van der Waals surface area contributed by atoms with Crippen LogP contribution in [0.25, 0.3) is 22.3 Å². The number of aryl methyl sites for hydroxylation is 1. The molecule has 1 aromatic carbocycles. The molecule has 1 saturated carbocycles. The number of carbonyl (C=O) groups excluding carboxylic acids is 1. The van der Waals surface area contributed by atoms with E-state index >= 15 is 0 Å². The minimum atomic E-state index is -4.53. The molecule has 2 heterocycles. The zero-order valence-electron chi connectivity index (χ0n) is 16.8. The Morgan fingerprint density at radius 2 is 1.93 bits per heavy atom. The first-order valence-electron chi connectivity index (χ1n) is 10.1. The number of rotatable bonds is 3. The topological polar surface area (TPSA) is 59.8 Å². The molecule has 0 spiro atoms. The lowest BCUT2D eigenvalue weighted by Gasteiger charge is -2.29. The van der Waals surface area contributed by atoms with E-state index in [0.717, 1.165) is 31.7 Å². The molecule has 1 aliphatic rings. The summed E-state index contributed by atoms with van der Waals surface area (Å²) in [5.41, 5.74) is -0.0931. The van der Waals surface area contributed by atoms with E-state index in [0.29, 0.717) is 17.0 Å². The maximum atomic E-state index is 13.6. The van der Waals surface area contributed by atoms with Crippen molar-refractivity contribution in [2.45, 2.75) is 44.8 Å². The van der Waals surface area contributed by atoms with Gasteiger partial charge in [0.2, 0.25) is 0 Å². The van der Waals surface area contributed by atoms with Crippen molar-refractivity contribution in [2.75, 3.05) is 0 Å². The molecular formula is C22H23F3N4O. The van der Waals surface area contributed by atoms with Crippen LogP contribution >= 0.6 is 0 Å². The highest BCUT2D eigenvalue weighted by molar-refractivity contribution is 6.06. The van der Waals surface area contributed by atoms with Crippen LogP contribution in [0.4, 0.5) is 13.2 Å². The van der Waals surface area contributed by atoms with Crippen molar-refractivity contribution in [1.29, 1.82) is 0 Å². The molecular weight excluding hydrogens is 393 g/mol. The van der Waals surface area contributed by atoms with Crippen molar-refractivity contribution in [3.8, 4) is 11.3 Å². The van der Waals surface area contributed by atoms with Crippen LogP contribution in [0.1, 0.15) is 48.5 Å². The number of nitrogens with one attached hydrogen (secondary N) is 1. The summed E-state index contributed by atoms with van der Waals surface area (Å²) in [4.78, 5) is 17.6. The Hall–Kier alpha value is -2.90. The fraction of sp³-hybridized carbons (Fsp3) is 0.409. The quantitative estimate of drug-likeness (QED) is 0.656. The smallest absolute Gasteiger partial charge is 0.349 e. The number of carbonyl (C=O) groups is 1. The first kappa shape index (κ1) is 20.4. The Morgan fingerprint density at radius 3 is 2.67 bits per heavy atom. The third-order valence-corrected chi connectivity index (χ3v) is 5.89. The van der Waals surface area contributed by atoms with Crippen molar-refractivity contribution in [2.24, 2.45) is 13.0 Å². The standard InChI is InChI=1S/C22H23F3N4O/c1-13-7-3-6-10-18(13)28-21(30)15-11-19(27-20-16(15)12-26-29(20)2)14-8-4-5-9-17(14)22(23,24)25/h4-5,8-9,11-13,18H,3,6-7,10H2,1-2H3,(H,28,30). The Morgan fingerprint density at radius 1 is 1.20 bits per heavy atom. The number of benzene rings is 1. The second kappa shape index (κ2) is 7.74. The molecule has 1 fully saturated rings. The number of nitrogens with zero attached hydrogens (tertiary/aromatic N) is 3. The summed E-state index contributed by atoms with van der Waals surface area (Å²) >= 11 is 0. The minimum absolute atomic E-state index is 0.0528. The summed E-state index contributed by atoms with van der Waals surface area (Å²) in [6.45, 7) is 2.11. The van der Waals surface area contributed by atoms with E-state index in [4.69, 9.17) is 0 Å². The van der Waals surface area contributed by atoms with Crippen LogP contribution in [0, 0.1) is 5.92 Å². The highest BCUT2D eigenvalue weighted by Crippen LogP contribution is 2.37. The van der Waals surface area contributed by atoms with Crippen molar-refractivity contribution < 1.29 is 18.0 Å². The number of fused-ring (bicyclic) bond motifs is 1. The molecule has 0 aliphatic heterocycles. The number of hydrogen-bond donors (Lipinski definition) is 1.